The summed E-state index contributed by atoms with van der Waals surface area (Å²) in [5.74, 6) is -1.04. The Morgan fingerprint density at radius 1 is 1.11 bits per heavy atom. The summed E-state index contributed by atoms with van der Waals surface area (Å²) in [5.41, 5.74) is 0.0870. The Morgan fingerprint density at radius 3 is 2.53 bits per heavy atom. The maximum atomic E-state index is 14.0. The van der Waals surface area contributed by atoms with E-state index in [9.17, 15) is 23.7 Å². The van der Waals surface area contributed by atoms with Gasteiger partial charge >= 0.3 is 0 Å². The number of amides is 1. The van der Waals surface area contributed by atoms with Crippen molar-refractivity contribution in [3.63, 3.8) is 0 Å². The fraction of sp³-hybridized carbons (Fsp3) is 0.125. The van der Waals surface area contributed by atoms with E-state index >= 15 is 0 Å². The fourth-order valence-corrected chi connectivity index (χ4v) is 4.03. The molecule has 0 aliphatic carbocycles. The molecule has 0 saturated carbocycles. The molecule has 3 aromatic carbocycles. The van der Waals surface area contributed by atoms with Gasteiger partial charge in [-0.15, -0.1) is 10.2 Å². The second-order valence-corrected chi connectivity index (χ2v) is 8.43. The summed E-state index contributed by atoms with van der Waals surface area (Å²) in [6.07, 6.45) is -0.578. The lowest BCUT2D eigenvalue weighted by molar-refractivity contribution is -0.384. The van der Waals surface area contributed by atoms with Gasteiger partial charge in [0, 0.05) is 17.8 Å². The molecule has 1 amide bonds. The first kappa shape index (κ1) is 24.8. The smallest absolute Gasteiger partial charge is 0.271 e. The van der Waals surface area contributed by atoms with E-state index in [-0.39, 0.29) is 22.9 Å². The highest BCUT2D eigenvalue weighted by Gasteiger charge is 2.22. The Bertz CT molecular complexity index is 1380. The second-order valence-electron chi connectivity index (χ2n) is 7.48. The number of para-hydroxylation sites is 1. The van der Waals surface area contributed by atoms with Crippen LogP contribution in [0.1, 0.15) is 18.9 Å². The number of carbonyl (C=O) groups excluding carboxylic acids is 1. The lowest BCUT2D eigenvalue weighted by atomic mass is 10.2. The maximum absolute atomic E-state index is 14.0. The standard InChI is InChI=1S/C24H19F2N5O4S/c1-15(35-19-10-7-16(25)8-11-19)23-28-29-24(30(23)17-5-3-2-4-6-17)36-14-22(32)27-21-13-18(31(33)34)9-12-20(21)26/h2-13,15H,14H2,1H3,(H,27,32). The molecule has 1 N–H and O–H groups in total. The first-order valence-corrected chi connectivity index (χ1v) is 11.6. The molecule has 36 heavy (non-hydrogen) atoms. The van der Waals surface area contributed by atoms with Gasteiger partial charge in [0.05, 0.1) is 16.4 Å². The molecule has 4 aromatic rings. The number of carbonyl (C=O) groups is 1. The van der Waals surface area contributed by atoms with E-state index in [2.05, 4.69) is 15.5 Å². The Hall–Kier alpha value is -4.32. The van der Waals surface area contributed by atoms with Crippen molar-refractivity contribution in [2.24, 2.45) is 0 Å². The molecule has 0 saturated heterocycles. The molecule has 0 aliphatic rings. The third kappa shape index (κ3) is 5.84. The monoisotopic (exact) mass is 511 g/mol. The van der Waals surface area contributed by atoms with Crippen LogP contribution < -0.4 is 10.1 Å². The van der Waals surface area contributed by atoms with Gasteiger partial charge in [-0.3, -0.25) is 19.5 Å². The number of hydrogen-bond donors (Lipinski definition) is 1. The summed E-state index contributed by atoms with van der Waals surface area (Å²) in [6.45, 7) is 1.76. The SMILES string of the molecule is CC(Oc1ccc(F)cc1)c1nnc(SCC(=O)Nc2cc([N+](=O)[O-])ccc2F)n1-c1ccccc1. The lowest BCUT2D eigenvalue weighted by Gasteiger charge is -2.16. The van der Waals surface area contributed by atoms with Crippen LogP contribution in [0.25, 0.3) is 5.69 Å². The highest BCUT2D eigenvalue weighted by Crippen LogP contribution is 2.28. The molecule has 1 aromatic heterocycles. The Kier molecular flexibility index (Phi) is 7.54. The van der Waals surface area contributed by atoms with Crippen molar-refractivity contribution in [1.29, 1.82) is 0 Å². The summed E-state index contributed by atoms with van der Waals surface area (Å²) in [7, 11) is 0. The van der Waals surface area contributed by atoms with E-state index in [1.165, 1.54) is 24.3 Å². The average Bonchev–Trinajstić information content (AvgIpc) is 3.30. The number of thioether (sulfide) groups is 1. The van der Waals surface area contributed by atoms with E-state index in [0.29, 0.717) is 16.7 Å². The zero-order valence-corrected chi connectivity index (χ0v) is 19.6. The van der Waals surface area contributed by atoms with E-state index in [4.69, 9.17) is 4.74 Å². The van der Waals surface area contributed by atoms with Gasteiger partial charge in [-0.05, 0) is 49.4 Å². The lowest BCUT2D eigenvalue weighted by Crippen LogP contribution is -2.16. The minimum absolute atomic E-state index is 0.166. The normalized spacial score (nSPS) is 11.6. The molecule has 0 spiro atoms. The van der Waals surface area contributed by atoms with E-state index in [1.807, 2.05) is 30.3 Å². The number of benzene rings is 3. The number of ether oxygens (including phenoxy) is 1. The number of nitro benzene ring substituents is 1. The molecule has 1 atom stereocenters. The molecule has 1 unspecified atom stereocenters. The molecule has 184 valence electrons. The van der Waals surface area contributed by atoms with E-state index in [0.717, 1.165) is 35.6 Å². The first-order chi connectivity index (χ1) is 17.3. The molecule has 0 bridgehead atoms. The summed E-state index contributed by atoms with van der Waals surface area (Å²) in [5, 5.41) is 22.1. The first-order valence-electron chi connectivity index (χ1n) is 10.6. The Balaban J connectivity index is 1.53. The minimum Gasteiger partial charge on any atom is -0.483 e. The molecule has 0 aliphatic heterocycles. The van der Waals surface area contributed by atoms with Crippen LogP contribution in [-0.2, 0) is 4.79 Å². The number of nitro groups is 1. The van der Waals surface area contributed by atoms with Gasteiger partial charge in [0.25, 0.3) is 5.69 Å². The summed E-state index contributed by atoms with van der Waals surface area (Å²) < 4.78 is 34.9. The fourth-order valence-electron chi connectivity index (χ4n) is 3.27. The van der Waals surface area contributed by atoms with Gasteiger partial charge < -0.3 is 10.1 Å². The molecule has 4 rings (SSSR count). The number of aromatic nitrogens is 3. The van der Waals surface area contributed by atoms with Crippen LogP contribution in [0, 0.1) is 21.7 Å². The molecule has 1 heterocycles. The molecular weight excluding hydrogens is 492 g/mol. The average molecular weight is 512 g/mol. The van der Waals surface area contributed by atoms with Crippen LogP contribution in [0.15, 0.2) is 78.0 Å². The van der Waals surface area contributed by atoms with Crippen LogP contribution in [0.3, 0.4) is 0 Å². The zero-order chi connectivity index (χ0) is 25.7. The van der Waals surface area contributed by atoms with Gasteiger partial charge in [-0.25, -0.2) is 8.78 Å². The van der Waals surface area contributed by atoms with E-state index in [1.54, 1.807) is 11.5 Å². The molecule has 12 heteroatoms. The topological polar surface area (TPSA) is 112 Å². The Labute approximate surface area is 208 Å². The number of non-ortho nitro benzene ring substituents is 1. The molecular formula is C24H19F2N5O4S. The number of anilines is 1. The number of nitrogens with one attached hydrogen (secondary N) is 1. The van der Waals surface area contributed by atoms with Crippen LogP contribution in [0.5, 0.6) is 5.75 Å². The maximum Gasteiger partial charge on any atom is 0.271 e. The van der Waals surface area contributed by atoms with E-state index < -0.39 is 22.8 Å². The van der Waals surface area contributed by atoms with Crippen molar-refractivity contribution in [3.8, 4) is 11.4 Å². The summed E-state index contributed by atoms with van der Waals surface area (Å²) in [4.78, 5) is 22.8. The van der Waals surface area contributed by atoms with Crippen molar-refractivity contribution in [3.05, 3.63) is 100 Å². The largest absolute Gasteiger partial charge is 0.483 e. The van der Waals surface area contributed by atoms with Gasteiger partial charge in [0.15, 0.2) is 17.1 Å². The van der Waals surface area contributed by atoms with Crippen molar-refractivity contribution >= 4 is 29.0 Å². The van der Waals surface area contributed by atoms with Crippen molar-refractivity contribution in [1.82, 2.24) is 14.8 Å². The minimum atomic E-state index is -0.791. The van der Waals surface area contributed by atoms with Gasteiger partial charge in [-0.1, -0.05) is 30.0 Å². The quantitative estimate of drug-likeness (QED) is 0.184. The predicted octanol–water partition coefficient (Wildman–Crippen LogP) is 5.32. The van der Waals surface area contributed by atoms with Crippen LogP contribution >= 0.6 is 11.8 Å². The second kappa shape index (κ2) is 11.0. The third-order valence-corrected chi connectivity index (χ3v) is 5.86. The van der Waals surface area contributed by atoms with Crippen molar-refractivity contribution in [2.45, 2.75) is 18.2 Å². The van der Waals surface area contributed by atoms with Gasteiger partial charge in [0.1, 0.15) is 17.4 Å². The Morgan fingerprint density at radius 2 is 1.83 bits per heavy atom. The highest BCUT2D eigenvalue weighted by atomic mass is 32.2. The summed E-state index contributed by atoms with van der Waals surface area (Å²) >= 11 is 1.05. The number of hydrogen-bond acceptors (Lipinski definition) is 7. The molecule has 0 radical (unpaired) electrons. The summed E-state index contributed by atoms with van der Waals surface area (Å²) in [6, 6.07) is 17.6. The number of halogens is 2. The van der Waals surface area contributed by atoms with Crippen molar-refractivity contribution < 1.29 is 23.2 Å². The van der Waals surface area contributed by atoms with Crippen LogP contribution in [0.4, 0.5) is 20.2 Å². The number of nitrogens with zero attached hydrogens (tertiary/aromatic N) is 4. The van der Waals surface area contributed by atoms with Gasteiger partial charge in [-0.2, -0.15) is 0 Å². The van der Waals surface area contributed by atoms with Crippen LogP contribution in [-0.4, -0.2) is 31.3 Å². The van der Waals surface area contributed by atoms with Crippen LogP contribution in [0.2, 0.25) is 0 Å². The van der Waals surface area contributed by atoms with Gasteiger partial charge in [0.2, 0.25) is 5.91 Å². The molecule has 0 fully saturated rings. The predicted molar refractivity (Wildman–Crippen MR) is 129 cm³/mol. The number of rotatable bonds is 9. The van der Waals surface area contributed by atoms with Crippen molar-refractivity contribution in [2.75, 3.05) is 11.1 Å². The molecule has 9 nitrogen and oxygen atoms in total. The highest BCUT2D eigenvalue weighted by molar-refractivity contribution is 7.99. The third-order valence-electron chi connectivity index (χ3n) is 4.93. The zero-order valence-electron chi connectivity index (χ0n) is 18.8.